The Hall–Kier alpha value is -0.820. The summed E-state index contributed by atoms with van der Waals surface area (Å²) in [5, 5.41) is 0. The molecule has 18 heavy (non-hydrogen) atoms. The Morgan fingerprint density at radius 2 is 2.28 bits per heavy atom. The molecule has 0 bridgehead atoms. The van der Waals surface area contributed by atoms with Crippen LogP contribution in [0.3, 0.4) is 0 Å². The van der Waals surface area contributed by atoms with Crippen molar-refractivity contribution in [1.82, 2.24) is 4.90 Å². The predicted octanol–water partition coefficient (Wildman–Crippen LogP) is 2.68. The van der Waals surface area contributed by atoms with Crippen LogP contribution in [-0.2, 0) is 6.54 Å². The molecular weight excluding hydrogens is 240 g/mol. The molecule has 0 atom stereocenters. The zero-order valence-electron chi connectivity index (χ0n) is 11.1. The summed E-state index contributed by atoms with van der Waals surface area (Å²) in [6.07, 6.45) is 4.28. The molecule has 0 radical (unpaired) electrons. The van der Waals surface area contributed by atoms with E-state index in [1.165, 1.54) is 30.7 Å². The summed E-state index contributed by atoms with van der Waals surface area (Å²) in [6, 6.07) is 4.31. The molecule has 0 aromatic carbocycles. The molecule has 3 heteroatoms. The minimum Gasteiger partial charge on any atom is -0.320 e. The highest BCUT2D eigenvalue weighted by atomic mass is 32.1. The van der Waals surface area contributed by atoms with E-state index in [4.69, 9.17) is 5.73 Å². The van der Waals surface area contributed by atoms with Gasteiger partial charge in [-0.2, -0.15) is 0 Å². The Morgan fingerprint density at radius 3 is 2.89 bits per heavy atom. The number of nitrogens with two attached hydrogens (primary N) is 1. The Morgan fingerprint density at radius 1 is 1.44 bits per heavy atom. The van der Waals surface area contributed by atoms with E-state index < -0.39 is 0 Å². The maximum atomic E-state index is 5.38. The lowest BCUT2D eigenvalue weighted by Gasteiger charge is -2.31. The number of nitrogens with zero attached hydrogens (tertiary/aromatic N) is 1. The third kappa shape index (κ3) is 3.84. The van der Waals surface area contributed by atoms with Crippen molar-refractivity contribution in [2.45, 2.75) is 32.7 Å². The molecule has 1 aromatic rings. The fourth-order valence-electron chi connectivity index (χ4n) is 2.23. The lowest BCUT2D eigenvalue weighted by atomic mass is 9.85. The van der Waals surface area contributed by atoms with Crippen LogP contribution in [0.5, 0.6) is 0 Å². The zero-order chi connectivity index (χ0) is 12.8. The van der Waals surface area contributed by atoms with E-state index in [1.807, 2.05) is 0 Å². The highest BCUT2D eigenvalue weighted by molar-refractivity contribution is 7.12. The summed E-state index contributed by atoms with van der Waals surface area (Å²) in [5.74, 6) is 6.96. The first-order valence-corrected chi connectivity index (χ1v) is 7.63. The van der Waals surface area contributed by atoms with Crippen LogP contribution >= 0.6 is 11.3 Å². The van der Waals surface area contributed by atoms with E-state index in [1.54, 1.807) is 11.3 Å². The van der Waals surface area contributed by atoms with Crippen molar-refractivity contribution in [2.75, 3.05) is 19.6 Å². The average Bonchev–Trinajstić information content (AvgIpc) is 2.77. The van der Waals surface area contributed by atoms with Gasteiger partial charge in [0.25, 0.3) is 0 Å². The molecule has 1 aliphatic carbocycles. The summed E-state index contributed by atoms with van der Waals surface area (Å²) in [7, 11) is 0. The first-order chi connectivity index (χ1) is 8.81. The minimum absolute atomic E-state index is 0.440. The normalized spacial score (nSPS) is 15.3. The fourth-order valence-corrected chi connectivity index (χ4v) is 3.16. The quantitative estimate of drug-likeness (QED) is 0.827. The maximum absolute atomic E-state index is 5.38. The predicted molar refractivity (Wildman–Crippen MR) is 78.5 cm³/mol. The van der Waals surface area contributed by atoms with E-state index >= 15 is 0 Å². The molecule has 0 saturated heterocycles. The van der Waals surface area contributed by atoms with Crippen LogP contribution in [0.4, 0.5) is 0 Å². The van der Waals surface area contributed by atoms with Gasteiger partial charge in [-0.05, 0) is 37.4 Å². The molecule has 2 rings (SSSR count). The molecule has 1 heterocycles. The first kappa shape index (κ1) is 13.6. The topological polar surface area (TPSA) is 29.3 Å². The van der Waals surface area contributed by atoms with Gasteiger partial charge in [0.1, 0.15) is 0 Å². The molecular formula is C15H22N2S. The summed E-state index contributed by atoms with van der Waals surface area (Å²) in [5.41, 5.74) is 5.38. The van der Waals surface area contributed by atoms with Crippen molar-refractivity contribution in [3.05, 3.63) is 21.9 Å². The van der Waals surface area contributed by atoms with E-state index in [-0.39, 0.29) is 0 Å². The second-order valence-electron chi connectivity index (χ2n) is 4.90. The smallest absolute Gasteiger partial charge is 0.0772 e. The van der Waals surface area contributed by atoms with Gasteiger partial charge in [0, 0.05) is 18.0 Å². The lowest BCUT2D eigenvalue weighted by molar-refractivity contribution is 0.179. The van der Waals surface area contributed by atoms with Gasteiger partial charge in [-0.3, -0.25) is 4.90 Å². The van der Waals surface area contributed by atoms with Gasteiger partial charge in [0.2, 0.25) is 0 Å². The molecule has 0 aliphatic heterocycles. The van der Waals surface area contributed by atoms with E-state index in [0.717, 1.165) is 23.9 Å². The molecule has 1 fully saturated rings. The Labute approximate surface area is 114 Å². The maximum Gasteiger partial charge on any atom is 0.0772 e. The second-order valence-corrected chi connectivity index (χ2v) is 6.06. The van der Waals surface area contributed by atoms with Gasteiger partial charge in [-0.25, -0.2) is 0 Å². The summed E-state index contributed by atoms with van der Waals surface area (Å²) in [4.78, 5) is 5.10. The molecule has 1 saturated carbocycles. The van der Waals surface area contributed by atoms with Gasteiger partial charge in [-0.1, -0.05) is 25.2 Å². The van der Waals surface area contributed by atoms with E-state index in [2.05, 4.69) is 35.8 Å². The third-order valence-electron chi connectivity index (χ3n) is 3.54. The van der Waals surface area contributed by atoms with Crippen LogP contribution < -0.4 is 5.73 Å². The van der Waals surface area contributed by atoms with Crippen LogP contribution in [-0.4, -0.2) is 24.5 Å². The fraction of sp³-hybridized carbons (Fsp3) is 0.600. The lowest BCUT2D eigenvalue weighted by Crippen LogP contribution is -2.31. The Bertz CT molecular complexity index is 423. The van der Waals surface area contributed by atoms with Crippen LogP contribution in [0, 0.1) is 17.8 Å². The molecule has 0 unspecified atom stereocenters. The highest BCUT2D eigenvalue weighted by Gasteiger charge is 2.20. The van der Waals surface area contributed by atoms with Crippen molar-refractivity contribution in [1.29, 1.82) is 0 Å². The average molecular weight is 262 g/mol. The standard InChI is InChI=1S/C15H22N2S/c1-2-17(11-13-5-3-6-13)12-15-9-8-14(18-15)7-4-10-16/h8-9,13H,2-3,5-6,10-12,16H2,1H3. The molecule has 1 aromatic heterocycles. The third-order valence-corrected chi connectivity index (χ3v) is 4.53. The number of hydrogen-bond donors (Lipinski definition) is 1. The molecule has 0 spiro atoms. The van der Waals surface area contributed by atoms with Crippen LogP contribution in [0.25, 0.3) is 0 Å². The van der Waals surface area contributed by atoms with Crippen LogP contribution in [0.1, 0.15) is 35.9 Å². The van der Waals surface area contributed by atoms with Gasteiger partial charge in [0.05, 0.1) is 11.4 Å². The Kier molecular flexibility index (Phi) is 5.25. The number of thiophene rings is 1. The number of rotatable bonds is 5. The van der Waals surface area contributed by atoms with E-state index in [0.29, 0.717) is 6.54 Å². The van der Waals surface area contributed by atoms with Crippen molar-refractivity contribution < 1.29 is 0 Å². The molecule has 0 amide bonds. The SMILES string of the molecule is CCN(Cc1ccc(C#CCN)s1)CC1CCC1. The Balaban J connectivity index is 1.87. The number of hydrogen-bond acceptors (Lipinski definition) is 3. The van der Waals surface area contributed by atoms with Crippen molar-refractivity contribution in [3.63, 3.8) is 0 Å². The van der Waals surface area contributed by atoms with Crippen molar-refractivity contribution in [3.8, 4) is 11.8 Å². The summed E-state index contributed by atoms with van der Waals surface area (Å²) >= 11 is 1.80. The molecule has 2 N–H and O–H groups in total. The van der Waals surface area contributed by atoms with Gasteiger partial charge in [-0.15, -0.1) is 11.3 Å². The van der Waals surface area contributed by atoms with Crippen LogP contribution in [0.2, 0.25) is 0 Å². The van der Waals surface area contributed by atoms with E-state index in [9.17, 15) is 0 Å². The van der Waals surface area contributed by atoms with Crippen LogP contribution in [0.15, 0.2) is 12.1 Å². The van der Waals surface area contributed by atoms with Gasteiger partial charge < -0.3 is 5.73 Å². The minimum atomic E-state index is 0.440. The van der Waals surface area contributed by atoms with Gasteiger partial charge in [0.15, 0.2) is 0 Å². The zero-order valence-corrected chi connectivity index (χ0v) is 11.9. The first-order valence-electron chi connectivity index (χ1n) is 6.81. The van der Waals surface area contributed by atoms with Gasteiger partial charge >= 0.3 is 0 Å². The molecule has 2 nitrogen and oxygen atoms in total. The monoisotopic (exact) mass is 262 g/mol. The second kappa shape index (κ2) is 6.94. The molecule has 98 valence electrons. The highest BCUT2D eigenvalue weighted by Crippen LogP contribution is 2.28. The largest absolute Gasteiger partial charge is 0.320 e. The van der Waals surface area contributed by atoms with Crippen molar-refractivity contribution >= 4 is 11.3 Å². The van der Waals surface area contributed by atoms with Crippen molar-refractivity contribution in [2.24, 2.45) is 11.7 Å². The molecule has 1 aliphatic rings. The summed E-state index contributed by atoms with van der Waals surface area (Å²) in [6.45, 7) is 6.16. The summed E-state index contributed by atoms with van der Waals surface area (Å²) < 4.78 is 0.